The topological polar surface area (TPSA) is 52.6 Å². The molecule has 6 rings (SSSR count). The minimum atomic E-state index is -3.56. The summed E-state index contributed by atoms with van der Waals surface area (Å²) in [5.41, 5.74) is 0. The van der Waals surface area contributed by atoms with Crippen LogP contribution >= 0.6 is 31.9 Å². The van der Waals surface area contributed by atoms with Gasteiger partial charge >= 0.3 is 323 Å². The third-order valence-electron chi connectivity index (χ3n) is 14.7. The first-order chi connectivity index (χ1) is 23.4. The van der Waals surface area contributed by atoms with Crippen molar-refractivity contribution in [3.63, 3.8) is 0 Å². The molecule has 6 aliphatic rings. The van der Waals surface area contributed by atoms with Crippen molar-refractivity contribution >= 4 is 81.4 Å². The standard InChI is InChI=1S/6C6H11.C4H4Br2O4.2Sn/c6*1-2-4-6-5-3-1;5-4(6,3(9)10)1-2(7)8;;/h6*1H,2-6H2;1H2,(H,7,8)(H,9,10);;/q;;;;;;;2*+1/p-2. The molecule has 0 unspecified atom stereocenters. The molecule has 0 radical (unpaired) electrons. The van der Waals surface area contributed by atoms with Crippen LogP contribution in [0, 0.1) is 0 Å². The van der Waals surface area contributed by atoms with Gasteiger partial charge in [0.05, 0.1) is 0 Å². The van der Waals surface area contributed by atoms with E-state index in [2.05, 4.69) is 31.9 Å². The average molecular weight is 1010 g/mol. The summed E-state index contributed by atoms with van der Waals surface area (Å²) in [4.78, 5) is 29.3. The fourth-order valence-corrected chi connectivity index (χ4v) is 53.5. The molecule has 0 saturated heterocycles. The Morgan fingerprint density at radius 3 is 0.896 bits per heavy atom. The predicted octanol–water partition coefficient (Wildman–Crippen LogP) is 13.8. The van der Waals surface area contributed by atoms with Crippen LogP contribution in [0.1, 0.15) is 199 Å². The van der Waals surface area contributed by atoms with E-state index in [1.54, 1.807) is 0 Å². The third-order valence-corrected chi connectivity index (χ3v) is 50.8. The van der Waals surface area contributed by atoms with Crippen LogP contribution in [0.25, 0.3) is 0 Å². The molecule has 0 aromatic carbocycles. The van der Waals surface area contributed by atoms with Crippen molar-refractivity contribution in [2.45, 2.75) is 226 Å². The van der Waals surface area contributed by atoms with Gasteiger partial charge in [0.1, 0.15) is 0 Å². The molecule has 0 heterocycles. The zero-order chi connectivity index (χ0) is 33.5. The molecule has 0 N–H and O–H groups in total. The van der Waals surface area contributed by atoms with Crippen LogP contribution in [-0.2, 0) is 15.7 Å². The molecule has 0 bridgehead atoms. The summed E-state index contributed by atoms with van der Waals surface area (Å²) in [5.74, 6) is -0.252. The number of carbonyl (C=O) groups excluding carboxylic acids is 2. The van der Waals surface area contributed by atoms with Crippen molar-refractivity contribution in [1.82, 2.24) is 0 Å². The molecule has 6 aliphatic carbocycles. The molecule has 0 spiro atoms. The number of halogens is 2. The first-order valence-corrected chi connectivity index (χ1v) is 35.0. The second kappa shape index (κ2) is 18.7. The fraction of sp³-hybridized carbons (Fsp3) is 0.950. The summed E-state index contributed by atoms with van der Waals surface area (Å²) >= 11 is 0.655. The first-order valence-electron chi connectivity index (χ1n) is 21.2. The van der Waals surface area contributed by atoms with Gasteiger partial charge in [-0.3, -0.25) is 0 Å². The molecule has 48 heavy (non-hydrogen) atoms. The Labute approximate surface area is 320 Å². The van der Waals surface area contributed by atoms with E-state index in [9.17, 15) is 9.59 Å². The summed E-state index contributed by atoms with van der Waals surface area (Å²) in [7, 11) is 0. The summed E-state index contributed by atoms with van der Waals surface area (Å²) < 4.78 is 17.5. The second-order valence-corrected chi connectivity index (χ2v) is 46.1. The first kappa shape index (κ1) is 39.2. The molecular weight excluding hydrogens is 942 g/mol. The normalized spacial score (nSPS) is 26.3. The molecule has 6 fully saturated rings. The van der Waals surface area contributed by atoms with Crippen molar-refractivity contribution in [2.75, 3.05) is 0 Å². The quantitative estimate of drug-likeness (QED) is 0.153. The van der Waals surface area contributed by atoms with E-state index < -0.39 is 40.8 Å². The van der Waals surface area contributed by atoms with Crippen LogP contribution in [-0.4, -0.2) is 52.8 Å². The van der Waals surface area contributed by atoms with Gasteiger partial charge in [-0.1, -0.05) is 0 Å². The Kier molecular flexibility index (Phi) is 15.3. The van der Waals surface area contributed by atoms with E-state index in [0.717, 1.165) is 0 Å². The van der Waals surface area contributed by atoms with Crippen molar-refractivity contribution < 1.29 is 15.7 Å². The Bertz CT molecular complexity index is 927. The van der Waals surface area contributed by atoms with Crippen LogP contribution in [0.2, 0.25) is 23.6 Å². The van der Waals surface area contributed by atoms with E-state index in [4.69, 9.17) is 6.15 Å². The van der Waals surface area contributed by atoms with Gasteiger partial charge in [0.15, 0.2) is 0 Å². The summed E-state index contributed by atoms with van der Waals surface area (Å²) in [6.07, 6.45) is 39.2. The van der Waals surface area contributed by atoms with Gasteiger partial charge < -0.3 is 0 Å². The molecule has 0 atom stereocenters. The molecule has 6 saturated carbocycles. The maximum absolute atomic E-state index is 14.8. The number of hydrogen-bond donors (Lipinski definition) is 0. The van der Waals surface area contributed by atoms with Gasteiger partial charge in [0.25, 0.3) is 0 Å². The van der Waals surface area contributed by atoms with Crippen LogP contribution in [0.15, 0.2) is 0 Å². The average Bonchev–Trinajstić information content (AvgIpc) is 3.14. The number of alkyl halides is 2. The second-order valence-electron chi connectivity index (χ2n) is 17.5. The minimum absolute atomic E-state index is 0.0681. The number of hydrogen-bond acceptors (Lipinski definition) is 4. The summed E-state index contributed by atoms with van der Waals surface area (Å²) in [6.45, 7) is 0. The Balaban J connectivity index is 1.26. The van der Waals surface area contributed by atoms with E-state index in [-0.39, 0.29) is 18.4 Å². The van der Waals surface area contributed by atoms with E-state index in [1.165, 1.54) is 193 Å². The molecule has 0 amide bonds. The Morgan fingerprint density at radius 2 is 0.646 bits per heavy atom. The van der Waals surface area contributed by atoms with Gasteiger partial charge in [0.2, 0.25) is 0 Å². The molecule has 8 heteroatoms. The zero-order valence-electron chi connectivity index (χ0n) is 30.3. The molecule has 274 valence electrons. The van der Waals surface area contributed by atoms with Gasteiger partial charge in [0, 0.05) is 0 Å². The van der Waals surface area contributed by atoms with Gasteiger partial charge in [-0.15, -0.1) is 0 Å². The van der Waals surface area contributed by atoms with Crippen LogP contribution in [0.4, 0.5) is 0 Å². The molecule has 0 aromatic rings. The summed E-state index contributed by atoms with van der Waals surface area (Å²) in [6, 6.07) is 0. The SMILES string of the molecule is O=C(CC(Br)(Br)C(=O)[O][Sn]([CH]1CCCCC1)([CH]1CCCCC1)[CH]1CCCCC1)[O][Sn]([CH]1CCCCC1)([CH]1CCCCC1)[CH]1CCCCC1. The molecule has 0 aromatic heterocycles. The van der Waals surface area contributed by atoms with Gasteiger partial charge in [-0.05, 0) is 0 Å². The molecular formula is C40H68Br2O4Sn2. The third kappa shape index (κ3) is 9.05. The molecule has 0 aliphatic heterocycles. The van der Waals surface area contributed by atoms with Crippen LogP contribution in [0.5, 0.6) is 0 Å². The van der Waals surface area contributed by atoms with Crippen molar-refractivity contribution in [2.24, 2.45) is 0 Å². The number of carbonyl (C=O) groups is 2. The van der Waals surface area contributed by atoms with Crippen LogP contribution in [0.3, 0.4) is 0 Å². The maximum atomic E-state index is 14.8. The fourth-order valence-electron chi connectivity index (χ4n) is 12.5. The Morgan fingerprint density at radius 1 is 0.417 bits per heavy atom. The van der Waals surface area contributed by atoms with E-state index in [1.807, 2.05) is 0 Å². The summed E-state index contributed by atoms with van der Waals surface area (Å²) in [5, 5.41) is 0. The van der Waals surface area contributed by atoms with Gasteiger partial charge in [-0.25, -0.2) is 0 Å². The van der Waals surface area contributed by atoms with Gasteiger partial charge in [-0.2, -0.15) is 0 Å². The number of rotatable bonds is 11. The van der Waals surface area contributed by atoms with Crippen LogP contribution < -0.4 is 0 Å². The monoisotopic (exact) mass is 1010 g/mol. The van der Waals surface area contributed by atoms with Crippen molar-refractivity contribution in [1.29, 1.82) is 0 Å². The van der Waals surface area contributed by atoms with E-state index in [0.29, 0.717) is 23.6 Å². The molecule has 4 nitrogen and oxygen atoms in total. The zero-order valence-corrected chi connectivity index (χ0v) is 39.2. The predicted molar refractivity (Wildman–Crippen MR) is 210 cm³/mol. The Hall–Kier alpha value is 1.50. The van der Waals surface area contributed by atoms with Crippen molar-refractivity contribution in [3.05, 3.63) is 0 Å². The van der Waals surface area contributed by atoms with Crippen molar-refractivity contribution in [3.8, 4) is 0 Å². The van der Waals surface area contributed by atoms with E-state index >= 15 is 0 Å².